The largest absolute Gasteiger partial charge is 0.488 e. The molecule has 2 aliphatic rings. The molecule has 5 rings (SSSR count). The topological polar surface area (TPSA) is 106 Å². The van der Waals surface area contributed by atoms with Gasteiger partial charge < -0.3 is 24.4 Å². The average molecular weight is 539 g/mol. The summed E-state index contributed by atoms with van der Waals surface area (Å²) < 4.78 is 14.3. The van der Waals surface area contributed by atoms with Crippen LogP contribution >= 0.6 is 0 Å². The zero-order valence-electron chi connectivity index (χ0n) is 23.0. The number of ether oxygens (including phenoxy) is 2. The van der Waals surface area contributed by atoms with Gasteiger partial charge in [0, 0.05) is 52.3 Å². The van der Waals surface area contributed by atoms with Crippen LogP contribution in [0.4, 0.5) is 10.6 Å². The molecule has 3 heterocycles. The van der Waals surface area contributed by atoms with E-state index in [1.54, 1.807) is 0 Å². The molecule has 2 fully saturated rings. The van der Waals surface area contributed by atoms with E-state index in [9.17, 15) is 9.90 Å². The zero-order valence-corrected chi connectivity index (χ0v) is 24.0. The summed E-state index contributed by atoms with van der Waals surface area (Å²) in [5, 5.41) is 15.2. The van der Waals surface area contributed by atoms with E-state index in [0.29, 0.717) is 45.3 Å². The summed E-state index contributed by atoms with van der Waals surface area (Å²) >= 11 is 0. The Bertz CT molecular complexity index is 1330. The van der Waals surface area contributed by atoms with Crippen LogP contribution in [0, 0.1) is 6.92 Å². The fourth-order valence-electron chi connectivity index (χ4n) is 4.59. The van der Waals surface area contributed by atoms with Crippen molar-refractivity contribution < 1.29 is 19.4 Å². The minimum absolute atomic E-state index is 0.0828. The van der Waals surface area contributed by atoms with E-state index >= 15 is 0 Å². The number of rotatable bonds is 9. The molecule has 1 aliphatic heterocycles. The van der Waals surface area contributed by atoms with Crippen LogP contribution in [0.5, 0.6) is 5.75 Å². The van der Waals surface area contributed by atoms with Crippen molar-refractivity contribution in [1.29, 1.82) is 0 Å². The first-order chi connectivity index (χ1) is 18.0. The van der Waals surface area contributed by atoms with E-state index in [2.05, 4.69) is 37.5 Å². The van der Waals surface area contributed by atoms with Gasteiger partial charge in [-0.25, -0.2) is 19.4 Å². The Morgan fingerprint density at radius 1 is 1.11 bits per heavy atom. The maximum atomic E-state index is 11.4. The van der Waals surface area contributed by atoms with Crippen molar-refractivity contribution in [3.8, 4) is 17.1 Å². The van der Waals surface area contributed by atoms with E-state index in [-0.39, 0.29) is 5.60 Å². The van der Waals surface area contributed by atoms with Gasteiger partial charge in [0.05, 0.1) is 16.9 Å². The van der Waals surface area contributed by atoms with E-state index in [0.717, 1.165) is 52.7 Å². The summed E-state index contributed by atoms with van der Waals surface area (Å²) in [5.74, 6) is 2.27. The highest BCUT2D eigenvalue weighted by atomic mass is 28.3. The van der Waals surface area contributed by atoms with E-state index in [4.69, 9.17) is 24.5 Å². The Labute approximate surface area is 224 Å². The molecule has 1 N–H and O–H groups in total. The SMILES string of the molecule is Cc1nc(-c2c3cc(OC4(C)CC4)ccc3nn2COCC[Si](C)(C)C)cc(N2CCN(C(=O)O)CC2)n1. The first-order valence-electron chi connectivity index (χ1n) is 13.4. The normalized spacial score (nSPS) is 17.2. The van der Waals surface area contributed by atoms with Crippen LogP contribution in [-0.2, 0) is 11.5 Å². The predicted molar refractivity (Wildman–Crippen MR) is 150 cm³/mol. The lowest BCUT2D eigenvalue weighted by Gasteiger charge is -2.34. The van der Waals surface area contributed by atoms with Crippen molar-refractivity contribution in [1.82, 2.24) is 24.6 Å². The summed E-state index contributed by atoms with van der Waals surface area (Å²) in [7, 11) is -1.21. The summed E-state index contributed by atoms with van der Waals surface area (Å²) in [6.07, 6.45) is 1.24. The first-order valence-corrected chi connectivity index (χ1v) is 17.1. The number of carbonyl (C=O) groups is 1. The highest BCUT2D eigenvalue weighted by Gasteiger charge is 2.40. The standard InChI is InChI=1S/C27H38N6O4Si/c1-19-28-23(17-24(29-19)31-10-12-32(13-11-31)26(34)35)25-21-16-20(37-27(2)8-9-27)6-7-22(21)30-33(25)18-36-14-15-38(3,4)5/h6-7,16-17H,8-15,18H2,1-5H3,(H,34,35). The van der Waals surface area contributed by atoms with Gasteiger partial charge in [0.25, 0.3) is 0 Å². The third-order valence-electron chi connectivity index (χ3n) is 7.18. The van der Waals surface area contributed by atoms with Crippen molar-refractivity contribution >= 4 is 30.9 Å². The van der Waals surface area contributed by atoms with E-state index in [1.165, 1.54) is 4.90 Å². The van der Waals surface area contributed by atoms with Gasteiger partial charge in [0.1, 0.15) is 29.7 Å². The van der Waals surface area contributed by atoms with Gasteiger partial charge in [-0.05, 0) is 50.9 Å². The lowest BCUT2D eigenvalue weighted by molar-refractivity contribution is 0.0802. The second-order valence-corrected chi connectivity index (χ2v) is 17.5. The molecule has 1 amide bonds. The van der Waals surface area contributed by atoms with Crippen molar-refractivity contribution in [2.75, 3.05) is 37.7 Å². The quantitative estimate of drug-likeness (QED) is 0.305. The molecule has 1 saturated carbocycles. The maximum absolute atomic E-state index is 11.4. The molecule has 10 nitrogen and oxygen atoms in total. The minimum Gasteiger partial charge on any atom is -0.488 e. The molecule has 2 aromatic heterocycles. The maximum Gasteiger partial charge on any atom is 0.407 e. The Balaban J connectivity index is 1.49. The van der Waals surface area contributed by atoms with Crippen LogP contribution in [0.25, 0.3) is 22.3 Å². The molecule has 3 aromatic rings. The monoisotopic (exact) mass is 538 g/mol. The molecule has 0 bridgehead atoms. The number of aryl methyl sites for hydroxylation is 1. The number of carboxylic acid groups (broad SMARTS) is 1. The minimum atomic E-state index is -1.21. The van der Waals surface area contributed by atoms with Crippen LogP contribution in [0.15, 0.2) is 24.3 Å². The molecule has 11 heteroatoms. The lowest BCUT2D eigenvalue weighted by atomic mass is 10.1. The Morgan fingerprint density at radius 3 is 2.50 bits per heavy atom. The molecule has 0 unspecified atom stereocenters. The van der Waals surface area contributed by atoms with Crippen LogP contribution in [0.1, 0.15) is 25.6 Å². The molecule has 38 heavy (non-hydrogen) atoms. The Hall–Kier alpha value is -3.18. The molecular weight excluding hydrogens is 500 g/mol. The van der Waals surface area contributed by atoms with Crippen LogP contribution in [0.2, 0.25) is 25.7 Å². The fraction of sp³-hybridized carbons (Fsp3) is 0.556. The summed E-state index contributed by atoms with van der Waals surface area (Å²) in [6.45, 7) is 14.1. The molecule has 0 spiro atoms. The Morgan fingerprint density at radius 2 is 1.84 bits per heavy atom. The van der Waals surface area contributed by atoms with Crippen molar-refractivity contribution in [3.05, 3.63) is 30.1 Å². The third kappa shape index (κ3) is 6.10. The highest BCUT2D eigenvalue weighted by Crippen LogP contribution is 2.41. The zero-order chi connectivity index (χ0) is 27.1. The lowest BCUT2D eigenvalue weighted by Crippen LogP contribution is -2.48. The van der Waals surface area contributed by atoms with Crippen molar-refractivity contribution in [2.45, 2.75) is 64.7 Å². The number of anilines is 1. The fourth-order valence-corrected chi connectivity index (χ4v) is 5.35. The van der Waals surface area contributed by atoms with Gasteiger partial charge in [-0.15, -0.1) is 0 Å². The smallest absolute Gasteiger partial charge is 0.407 e. The predicted octanol–water partition coefficient (Wildman–Crippen LogP) is 4.85. The number of piperazine rings is 1. The number of hydrogen-bond acceptors (Lipinski definition) is 7. The van der Waals surface area contributed by atoms with Crippen LogP contribution < -0.4 is 9.64 Å². The molecule has 204 valence electrons. The van der Waals surface area contributed by atoms with Crippen LogP contribution in [0.3, 0.4) is 0 Å². The number of hydrogen-bond donors (Lipinski definition) is 1. The highest BCUT2D eigenvalue weighted by molar-refractivity contribution is 6.76. The molecule has 1 aromatic carbocycles. The van der Waals surface area contributed by atoms with Crippen molar-refractivity contribution in [2.24, 2.45) is 0 Å². The van der Waals surface area contributed by atoms with Gasteiger partial charge in [-0.3, -0.25) is 0 Å². The van der Waals surface area contributed by atoms with Gasteiger partial charge in [0.2, 0.25) is 0 Å². The summed E-state index contributed by atoms with van der Waals surface area (Å²) in [4.78, 5) is 24.4. The van der Waals surface area contributed by atoms with Gasteiger partial charge >= 0.3 is 6.09 Å². The number of aromatic nitrogens is 4. The van der Waals surface area contributed by atoms with Crippen LogP contribution in [-0.4, -0.2) is 82.3 Å². The number of amides is 1. The second kappa shape index (κ2) is 10.2. The summed E-state index contributed by atoms with van der Waals surface area (Å²) in [5.41, 5.74) is 2.41. The van der Waals surface area contributed by atoms with Gasteiger partial charge in [-0.1, -0.05) is 19.6 Å². The van der Waals surface area contributed by atoms with E-state index < -0.39 is 14.2 Å². The second-order valence-electron chi connectivity index (χ2n) is 11.8. The molecule has 1 saturated heterocycles. The molecular formula is C27H38N6O4Si. The van der Waals surface area contributed by atoms with E-state index in [1.807, 2.05) is 29.8 Å². The number of nitrogens with zero attached hydrogens (tertiary/aromatic N) is 6. The van der Waals surface area contributed by atoms with Gasteiger partial charge in [-0.2, -0.15) is 5.10 Å². The first kappa shape index (κ1) is 26.4. The summed E-state index contributed by atoms with van der Waals surface area (Å²) in [6, 6.07) is 9.10. The average Bonchev–Trinajstić information content (AvgIpc) is 3.46. The molecule has 1 aliphatic carbocycles. The van der Waals surface area contributed by atoms with Crippen molar-refractivity contribution in [3.63, 3.8) is 0 Å². The molecule has 0 radical (unpaired) electrons. The third-order valence-corrected chi connectivity index (χ3v) is 8.88. The number of fused-ring (bicyclic) bond motifs is 1. The number of benzene rings is 1. The molecule has 0 atom stereocenters. The Kier molecular flexibility index (Phi) is 7.08. The van der Waals surface area contributed by atoms with Gasteiger partial charge in [0.15, 0.2) is 0 Å².